The number of benzene rings is 2. The van der Waals surface area contributed by atoms with Crippen LogP contribution in [-0.4, -0.2) is 29.8 Å². The van der Waals surface area contributed by atoms with Crippen LogP contribution in [0, 0.1) is 17.5 Å². The zero-order valence-electron chi connectivity index (χ0n) is 14.2. The minimum Gasteiger partial charge on any atom is -0.329 e. The number of rotatable bonds is 6. The number of halogens is 5. The van der Waals surface area contributed by atoms with Crippen molar-refractivity contribution in [1.82, 2.24) is 4.90 Å². The molecule has 2 amide bonds. The van der Waals surface area contributed by atoms with E-state index in [1.54, 1.807) is 12.1 Å². The van der Waals surface area contributed by atoms with Crippen molar-refractivity contribution in [3.05, 3.63) is 62.8 Å². The summed E-state index contributed by atoms with van der Waals surface area (Å²) in [5.74, 6) is -5.79. The predicted octanol–water partition coefficient (Wildman–Crippen LogP) is 5.01. The second-order valence-corrected chi connectivity index (χ2v) is 6.94. The maximum Gasteiger partial charge on any atom is 0.255 e. The van der Waals surface area contributed by atoms with Crippen LogP contribution in [0.4, 0.5) is 18.9 Å². The van der Waals surface area contributed by atoms with Gasteiger partial charge in [0.1, 0.15) is 6.54 Å². The third-order valence-corrected chi connectivity index (χ3v) is 4.39. The molecule has 0 radical (unpaired) electrons. The van der Waals surface area contributed by atoms with Crippen molar-refractivity contribution in [2.45, 2.75) is 13.3 Å². The highest BCUT2D eigenvalue weighted by atomic mass is 79.9. The summed E-state index contributed by atoms with van der Waals surface area (Å²) >= 11 is 9.33. The molecule has 2 aromatic carbocycles. The van der Waals surface area contributed by atoms with Crippen LogP contribution in [-0.2, 0) is 4.79 Å². The Kier molecular flexibility index (Phi) is 7.26. The van der Waals surface area contributed by atoms with E-state index in [1.165, 1.54) is 11.0 Å². The van der Waals surface area contributed by atoms with E-state index in [-0.39, 0.29) is 17.1 Å². The fourth-order valence-electron chi connectivity index (χ4n) is 2.34. The Labute approximate surface area is 167 Å². The molecule has 4 nitrogen and oxygen atoms in total. The molecule has 0 heterocycles. The monoisotopic (exact) mass is 462 g/mol. The maximum atomic E-state index is 13.7. The van der Waals surface area contributed by atoms with Gasteiger partial charge in [0, 0.05) is 11.0 Å². The molecule has 0 aromatic heterocycles. The third kappa shape index (κ3) is 5.23. The molecule has 0 atom stereocenters. The normalized spacial score (nSPS) is 10.6. The summed E-state index contributed by atoms with van der Waals surface area (Å²) in [6.45, 7) is 1.66. The van der Waals surface area contributed by atoms with Crippen LogP contribution in [0.5, 0.6) is 0 Å². The Morgan fingerprint density at radius 1 is 1.15 bits per heavy atom. The first-order valence-electron chi connectivity index (χ1n) is 7.92. The molecular formula is C18H15BrClF3N2O2. The van der Waals surface area contributed by atoms with Crippen molar-refractivity contribution in [1.29, 1.82) is 0 Å². The van der Waals surface area contributed by atoms with Gasteiger partial charge in [0.25, 0.3) is 5.91 Å². The number of hydrogen-bond donors (Lipinski definition) is 1. The van der Waals surface area contributed by atoms with E-state index < -0.39 is 41.5 Å². The molecular weight excluding hydrogens is 449 g/mol. The van der Waals surface area contributed by atoms with E-state index in [0.717, 1.165) is 6.07 Å². The van der Waals surface area contributed by atoms with Crippen molar-refractivity contribution >= 4 is 45.0 Å². The smallest absolute Gasteiger partial charge is 0.255 e. The standard InChI is InChI=1S/C18H15BrClF3N2O2/c1-2-7-25(18(27)11-4-3-10(19)8-12(11)20)9-15(26)24-14-6-5-13(21)16(22)17(14)23/h3-6,8H,2,7,9H2,1H3,(H,24,26). The molecule has 0 bridgehead atoms. The lowest BCUT2D eigenvalue weighted by molar-refractivity contribution is -0.116. The van der Waals surface area contributed by atoms with Crippen molar-refractivity contribution in [2.75, 3.05) is 18.4 Å². The van der Waals surface area contributed by atoms with Crippen LogP contribution in [0.25, 0.3) is 0 Å². The largest absolute Gasteiger partial charge is 0.329 e. The van der Waals surface area contributed by atoms with Crippen LogP contribution in [0.1, 0.15) is 23.7 Å². The molecule has 0 saturated heterocycles. The van der Waals surface area contributed by atoms with Gasteiger partial charge in [-0.25, -0.2) is 13.2 Å². The van der Waals surface area contributed by atoms with E-state index in [9.17, 15) is 22.8 Å². The summed E-state index contributed by atoms with van der Waals surface area (Å²) in [5, 5.41) is 2.35. The predicted molar refractivity (Wildman–Crippen MR) is 100 cm³/mol. The molecule has 0 unspecified atom stereocenters. The quantitative estimate of drug-likeness (QED) is 0.612. The highest BCUT2D eigenvalue weighted by Gasteiger charge is 2.22. The number of amides is 2. The van der Waals surface area contributed by atoms with Gasteiger partial charge in [-0.1, -0.05) is 34.5 Å². The summed E-state index contributed by atoms with van der Waals surface area (Å²) < 4.78 is 40.6. The van der Waals surface area contributed by atoms with Crippen LogP contribution in [0.3, 0.4) is 0 Å². The highest BCUT2D eigenvalue weighted by molar-refractivity contribution is 9.10. The molecule has 0 saturated carbocycles. The summed E-state index contributed by atoms with van der Waals surface area (Å²) in [6, 6.07) is 6.31. The van der Waals surface area contributed by atoms with E-state index in [1.807, 2.05) is 6.92 Å². The van der Waals surface area contributed by atoms with Crippen LogP contribution < -0.4 is 5.32 Å². The zero-order chi connectivity index (χ0) is 20.1. The third-order valence-electron chi connectivity index (χ3n) is 3.59. The molecule has 2 aromatic rings. The molecule has 0 aliphatic carbocycles. The minimum atomic E-state index is -1.68. The van der Waals surface area contributed by atoms with Gasteiger partial charge in [0.2, 0.25) is 5.91 Å². The van der Waals surface area contributed by atoms with Gasteiger partial charge in [-0.05, 0) is 36.8 Å². The summed E-state index contributed by atoms with van der Waals surface area (Å²) in [7, 11) is 0. The van der Waals surface area contributed by atoms with Crippen molar-refractivity contribution in [3.63, 3.8) is 0 Å². The van der Waals surface area contributed by atoms with E-state index in [0.29, 0.717) is 17.0 Å². The molecule has 0 fully saturated rings. The van der Waals surface area contributed by atoms with E-state index >= 15 is 0 Å². The van der Waals surface area contributed by atoms with Crippen LogP contribution in [0.2, 0.25) is 5.02 Å². The Morgan fingerprint density at radius 3 is 2.48 bits per heavy atom. The van der Waals surface area contributed by atoms with Gasteiger partial charge in [-0.3, -0.25) is 9.59 Å². The second-order valence-electron chi connectivity index (χ2n) is 5.62. The van der Waals surface area contributed by atoms with Crippen LogP contribution >= 0.6 is 27.5 Å². The molecule has 0 aliphatic rings. The molecule has 27 heavy (non-hydrogen) atoms. The van der Waals surface area contributed by atoms with Crippen LogP contribution in [0.15, 0.2) is 34.8 Å². The van der Waals surface area contributed by atoms with E-state index in [2.05, 4.69) is 21.2 Å². The van der Waals surface area contributed by atoms with Gasteiger partial charge >= 0.3 is 0 Å². The lowest BCUT2D eigenvalue weighted by atomic mass is 10.2. The Balaban J connectivity index is 2.16. The number of nitrogens with zero attached hydrogens (tertiary/aromatic N) is 1. The fraction of sp³-hybridized carbons (Fsp3) is 0.222. The Bertz CT molecular complexity index is 880. The Hall–Kier alpha value is -2.06. The number of carbonyl (C=O) groups is 2. The Morgan fingerprint density at radius 2 is 1.85 bits per heavy atom. The molecule has 0 aliphatic heterocycles. The molecule has 1 N–H and O–H groups in total. The van der Waals surface area contributed by atoms with Crippen molar-refractivity contribution in [3.8, 4) is 0 Å². The molecule has 2 rings (SSSR count). The average Bonchev–Trinajstić information content (AvgIpc) is 2.61. The van der Waals surface area contributed by atoms with Crippen molar-refractivity contribution in [2.24, 2.45) is 0 Å². The van der Waals surface area contributed by atoms with Gasteiger partial charge < -0.3 is 10.2 Å². The lowest BCUT2D eigenvalue weighted by Crippen LogP contribution is -2.38. The number of nitrogens with one attached hydrogen (secondary N) is 1. The van der Waals surface area contributed by atoms with Gasteiger partial charge in [-0.15, -0.1) is 0 Å². The minimum absolute atomic E-state index is 0.208. The fourth-order valence-corrected chi connectivity index (χ4v) is 3.10. The topological polar surface area (TPSA) is 49.4 Å². The van der Waals surface area contributed by atoms with Gasteiger partial charge in [0.05, 0.1) is 16.3 Å². The number of carbonyl (C=O) groups excluding carboxylic acids is 2. The first-order valence-corrected chi connectivity index (χ1v) is 9.09. The first kappa shape index (κ1) is 21.2. The van der Waals surface area contributed by atoms with E-state index in [4.69, 9.17) is 11.6 Å². The molecule has 0 spiro atoms. The number of anilines is 1. The molecule has 9 heteroatoms. The second kappa shape index (κ2) is 9.23. The zero-order valence-corrected chi connectivity index (χ0v) is 16.5. The van der Waals surface area contributed by atoms with Gasteiger partial charge in [0.15, 0.2) is 17.5 Å². The first-order chi connectivity index (χ1) is 12.7. The summed E-state index contributed by atoms with van der Waals surface area (Å²) in [5.41, 5.74) is -0.301. The van der Waals surface area contributed by atoms with Crippen molar-refractivity contribution < 1.29 is 22.8 Å². The summed E-state index contributed by atoms with van der Waals surface area (Å²) in [6.07, 6.45) is 0.562. The summed E-state index contributed by atoms with van der Waals surface area (Å²) in [4.78, 5) is 26.1. The molecule has 144 valence electrons. The average molecular weight is 464 g/mol. The maximum absolute atomic E-state index is 13.7. The lowest BCUT2D eigenvalue weighted by Gasteiger charge is -2.22. The van der Waals surface area contributed by atoms with Gasteiger partial charge in [-0.2, -0.15) is 0 Å². The highest BCUT2D eigenvalue weighted by Crippen LogP contribution is 2.23. The SMILES string of the molecule is CCCN(CC(=O)Nc1ccc(F)c(F)c1F)C(=O)c1ccc(Br)cc1Cl. The number of hydrogen-bond acceptors (Lipinski definition) is 2.